The Morgan fingerprint density at radius 2 is 2.00 bits per heavy atom. The van der Waals surface area contributed by atoms with Crippen molar-refractivity contribution in [3.8, 4) is 0 Å². The Morgan fingerprint density at radius 1 is 1.26 bits per heavy atom. The lowest BCUT2D eigenvalue weighted by Gasteiger charge is -2.21. The van der Waals surface area contributed by atoms with Crippen LogP contribution < -0.4 is 10.6 Å². The Labute approximate surface area is 159 Å². The van der Waals surface area contributed by atoms with E-state index in [4.69, 9.17) is 16.6 Å². The van der Waals surface area contributed by atoms with Gasteiger partial charge >= 0.3 is 0 Å². The van der Waals surface area contributed by atoms with Crippen LogP contribution in [-0.4, -0.2) is 17.6 Å². The van der Waals surface area contributed by atoms with Crippen LogP contribution in [-0.2, 0) is 19.4 Å². The molecular formula is C16H22Cl3N3S. The van der Waals surface area contributed by atoms with Crippen LogP contribution in [0, 0.1) is 0 Å². The van der Waals surface area contributed by atoms with Crippen LogP contribution >= 0.6 is 47.8 Å². The third-order valence-electron chi connectivity index (χ3n) is 3.79. The number of hydrogen-bond donors (Lipinski definition) is 2. The number of thiazole rings is 1. The number of aryl methyl sites for hydroxylation is 1. The van der Waals surface area contributed by atoms with Gasteiger partial charge in [-0.2, -0.15) is 0 Å². The van der Waals surface area contributed by atoms with Crippen LogP contribution in [0.2, 0.25) is 5.02 Å². The van der Waals surface area contributed by atoms with Crippen molar-refractivity contribution in [2.45, 2.75) is 38.8 Å². The Balaban J connectivity index is 0.00000132. The molecule has 23 heavy (non-hydrogen) atoms. The molecule has 1 aliphatic rings. The molecule has 0 saturated carbocycles. The van der Waals surface area contributed by atoms with Gasteiger partial charge < -0.3 is 10.6 Å². The Hall–Kier alpha value is -0.520. The summed E-state index contributed by atoms with van der Waals surface area (Å²) in [6, 6.07) is 8.56. The van der Waals surface area contributed by atoms with Crippen LogP contribution in [0.3, 0.4) is 0 Å². The summed E-state index contributed by atoms with van der Waals surface area (Å²) in [7, 11) is 0. The van der Waals surface area contributed by atoms with Crippen molar-refractivity contribution in [2.75, 3.05) is 11.9 Å². The van der Waals surface area contributed by atoms with E-state index in [0.29, 0.717) is 6.04 Å². The minimum absolute atomic E-state index is 0. The number of nitrogens with one attached hydrogen (secondary N) is 2. The number of rotatable bonds is 5. The normalized spacial score (nSPS) is 16.0. The molecule has 3 nitrogen and oxygen atoms in total. The molecule has 0 radical (unpaired) electrons. The maximum absolute atomic E-state index is 5.90. The Bertz CT molecular complexity index is 601. The van der Waals surface area contributed by atoms with E-state index in [0.717, 1.165) is 36.1 Å². The van der Waals surface area contributed by atoms with Crippen molar-refractivity contribution >= 4 is 52.9 Å². The smallest absolute Gasteiger partial charge is 0.183 e. The van der Waals surface area contributed by atoms with Crippen LogP contribution in [0.25, 0.3) is 0 Å². The summed E-state index contributed by atoms with van der Waals surface area (Å²) in [4.78, 5) is 6.17. The first kappa shape index (κ1) is 20.5. The van der Waals surface area contributed by atoms with Gasteiger partial charge in [-0.25, -0.2) is 4.98 Å². The molecule has 0 amide bonds. The van der Waals surface area contributed by atoms with Crippen molar-refractivity contribution < 1.29 is 0 Å². The van der Waals surface area contributed by atoms with E-state index in [9.17, 15) is 0 Å². The number of benzene rings is 1. The number of likely N-dealkylation sites (N-methyl/N-ethyl adjacent to an activating group) is 1. The SMILES string of the molecule is CCNC1CCc2nc(NCc3ccc(Cl)cc3)sc2C1.Cl.Cl. The lowest BCUT2D eigenvalue weighted by atomic mass is 9.98. The first-order valence-corrected chi connectivity index (χ1v) is 8.64. The monoisotopic (exact) mass is 393 g/mol. The van der Waals surface area contributed by atoms with Crippen molar-refractivity contribution in [2.24, 2.45) is 0 Å². The predicted molar refractivity (Wildman–Crippen MR) is 105 cm³/mol. The fourth-order valence-corrected chi connectivity index (χ4v) is 3.90. The van der Waals surface area contributed by atoms with Gasteiger partial charge in [0.2, 0.25) is 0 Å². The summed E-state index contributed by atoms with van der Waals surface area (Å²) < 4.78 is 0. The number of hydrogen-bond acceptors (Lipinski definition) is 4. The van der Waals surface area contributed by atoms with E-state index in [1.807, 2.05) is 24.3 Å². The molecular weight excluding hydrogens is 373 g/mol. The van der Waals surface area contributed by atoms with E-state index >= 15 is 0 Å². The highest BCUT2D eigenvalue weighted by atomic mass is 35.5. The number of nitrogens with zero attached hydrogens (tertiary/aromatic N) is 1. The van der Waals surface area contributed by atoms with Crippen LogP contribution in [0.5, 0.6) is 0 Å². The fourth-order valence-electron chi connectivity index (χ4n) is 2.69. The van der Waals surface area contributed by atoms with Gasteiger partial charge in [-0.3, -0.25) is 0 Å². The van der Waals surface area contributed by atoms with Gasteiger partial charge in [0, 0.05) is 22.5 Å². The van der Waals surface area contributed by atoms with Crippen molar-refractivity contribution in [3.63, 3.8) is 0 Å². The molecule has 1 unspecified atom stereocenters. The lowest BCUT2D eigenvalue weighted by molar-refractivity contribution is 0.471. The number of halogens is 3. The molecule has 128 valence electrons. The molecule has 1 atom stereocenters. The highest BCUT2D eigenvalue weighted by molar-refractivity contribution is 7.15. The van der Waals surface area contributed by atoms with Gasteiger partial charge in [0.15, 0.2) is 5.13 Å². The summed E-state index contributed by atoms with van der Waals surface area (Å²) in [5, 5.41) is 8.78. The largest absolute Gasteiger partial charge is 0.357 e. The molecule has 2 aromatic rings. The second-order valence-electron chi connectivity index (χ2n) is 5.37. The van der Waals surface area contributed by atoms with Gasteiger partial charge in [0.1, 0.15) is 0 Å². The first-order valence-electron chi connectivity index (χ1n) is 7.45. The summed E-state index contributed by atoms with van der Waals surface area (Å²) in [6.07, 6.45) is 3.40. The molecule has 0 aliphatic heterocycles. The third kappa shape index (κ3) is 5.50. The minimum Gasteiger partial charge on any atom is -0.357 e. The van der Waals surface area contributed by atoms with E-state index in [2.05, 4.69) is 17.6 Å². The zero-order valence-electron chi connectivity index (χ0n) is 13.0. The van der Waals surface area contributed by atoms with Crippen molar-refractivity contribution in [3.05, 3.63) is 45.4 Å². The first-order chi connectivity index (χ1) is 10.2. The highest BCUT2D eigenvalue weighted by Gasteiger charge is 2.21. The summed E-state index contributed by atoms with van der Waals surface area (Å²) in [6.45, 7) is 4.00. The standard InChI is InChI=1S/C16H20ClN3S.2ClH/c1-2-18-13-7-8-14-15(9-13)21-16(20-14)19-10-11-3-5-12(17)6-4-11;;/h3-6,13,18H,2,7-10H2,1H3,(H,19,20);2*1H. The summed E-state index contributed by atoms with van der Waals surface area (Å²) in [5.74, 6) is 0. The minimum atomic E-state index is 0. The third-order valence-corrected chi connectivity index (χ3v) is 5.12. The van der Waals surface area contributed by atoms with E-state index in [-0.39, 0.29) is 24.8 Å². The maximum atomic E-state index is 5.90. The molecule has 1 heterocycles. The molecule has 2 N–H and O–H groups in total. The number of aromatic nitrogens is 1. The van der Waals surface area contributed by atoms with Gasteiger partial charge in [0.05, 0.1) is 5.69 Å². The van der Waals surface area contributed by atoms with E-state index < -0.39 is 0 Å². The van der Waals surface area contributed by atoms with Gasteiger partial charge in [0.25, 0.3) is 0 Å². The van der Waals surface area contributed by atoms with Crippen LogP contribution in [0.1, 0.15) is 29.5 Å². The zero-order chi connectivity index (χ0) is 14.7. The molecule has 0 saturated heterocycles. The zero-order valence-corrected chi connectivity index (χ0v) is 16.2. The van der Waals surface area contributed by atoms with E-state index in [1.54, 1.807) is 11.3 Å². The number of fused-ring (bicyclic) bond motifs is 1. The lowest BCUT2D eigenvalue weighted by Crippen LogP contribution is -2.33. The van der Waals surface area contributed by atoms with Gasteiger partial charge in [-0.05, 0) is 43.5 Å². The average Bonchev–Trinajstić information content (AvgIpc) is 2.89. The molecule has 7 heteroatoms. The Kier molecular flexibility index (Phi) is 8.65. The molecule has 0 fully saturated rings. The number of anilines is 1. The van der Waals surface area contributed by atoms with E-state index in [1.165, 1.54) is 22.6 Å². The molecule has 1 aromatic carbocycles. The quantitative estimate of drug-likeness (QED) is 0.770. The van der Waals surface area contributed by atoms with Crippen molar-refractivity contribution in [1.82, 2.24) is 10.3 Å². The molecule has 0 spiro atoms. The molecule has 3 rings (SSSR count). The van der Waals surface area contributed by atoms with Gasteiger partial charge in [-0.1, -0.05) is 30.7 Å². The Morgan fingerprint density at radius 3 is 2.70 bits per heavy atom. The van der Waals surface area contributed by atoms with Crippen LogP contribution in [0.15, 0.2) is 24.3 Å². The molecule has 1 aromatic heterocycles. The summed E-state index contributed by atoms with van der Waals surface area (Å²) >= 11 is 7.70. The topological polar surface area (TPSA) is 37.0 Å². The summed E-state index contributed by atoms with van der Waals surface area (Å²) in [5.41, 5.74) is 2.51. The van der Waals surface area contributed by atoms with Gasteiger partial charge in [-0.15, -0.1) is 36.2 Å². The van der Waals surface area contributed by atoms with Crippen molar-refractivity contribution in [1.29, 1.82) is 0 Å². The maximum Gasteiger partial charge on any atom is 0.183 e. The van der Waals surface area contributed by atoms with Crippen LogP contribution in [0.4, 0.5) is 5.13 Å². The second-order valence-corrected chi connectivity index (χ2v) is 6.89. The molecule has 1 aliphatic carbocycles. The second kappa shape index (κ2) is 9.70. The highest BCUT2D eigenvalue weighted by Crippen LogP contribution is 2.30. The molecule has 0 bridgehead atoms. The predicted octanol–water partition coefficient (Wildman–Crippen LogP) is 4.72. The fraction of sp³-hybridized carbons (Fsp3) is 0.438. The average molecular weight is 395 g/mol.